The van der Waals surface area contributed by atoms with Gasteiger partial charge in [-0.15, -0.1) is 0 Å². The van der Waals surface area contributed by atoms with Gasteiger partial charge in [-0.25, -0.2) is 0 Å². The Hall–Kier alpha value is -1.89. The van der Waals surface area contributed by atoms with Crippen LogP contribution >= 0.6 is 23.2 Å². The highest BCUT2D eigenvalue weighted by Gasteiger charge is 2.15. The maximum Gasteiger partial charge on any atom is 0.179 e. The van der Waals surface area contributed by atoms with Crippen molar-refractivity contribution in [2.45, 2.75) is 0 Å². The van der Waals surface area contributed by atoms with Crippen molar-refractivity contribution in [2.75, 3.05) is 7.11 Å². The molecule has 2 aromatic rings. The predicted octanol–water partition coefficient (Wildman–Crippen LogP) is 4.62. The molecule has 0 saturated carbocycles. The van der Waals surface area contributed by atoms with Gasteiger partial charge in [0.2, 0.25) is 0 Å². The molecule has 1 aromatic heterocycles. The van der Waals surface area contributed by atoms with Crippen LogP contribution in [0, 0.1) is 11.3 Å². The summed E-state index contributed by atoms with van der Waals surface area (Å²) in [5.74, 6) is 0.830. The Morgan fingerprint density at radius 3 is 2.58 bits per heavy atom. The number of methoxy groups -OCH3 is 1. The molecule has 96 valence electrons. The first-order valence-electron chi connectivity index (χ1n) is 5.35. The quantitative estimate of drug-likeness (QED) is 0.612. The lowest BCUT2D eigenvalue weighted by Crippen LogP contribution is -1.92. The summed E-state index contributed by atoms with van der Waals surface area (Å²) in [5.41, 5.74) is 0.946. The van der Waals surface area contributed by atoms with Crippen molar-refractivity contribution < 1.29 is 9.15 Å². The predicted molar refractivity (Wildman–Crippen MR) is 74.6 cm³/mol. The lowest BCUT2D eigenvalue weighted by molar-refractivity contribution is 0.354. The van der Waals surface area contributed by atoms with Gasteiger partial charge in [-0.1, -0.05) is 29.3 Å². The topological polar surface area (TPSA) is 46.2 Å². The Kier molecular flexibility index (Phi) is 4.16. The van der Waals surface area contributed by atoms with E-state index in [4.69, 9.17) is 32.4 Å². The van der Waals surface area contributed by atoms with Crippen LogP contribution in [-0.4, -0.2) is 7.11 Å². The summed E-state index contributed by atoms with van der Waals surface area (Å²) in [6.07, 6.45) is 1.51. The van der Waals surface area contributed by atoms with Crippen LogP contribution in [0.1, 0.15) is 11.3 Å². The zero-order valence-electron chi connectivity index (χ0n) is 9.98. The number of rotatable bonds is 3. The van der Waals surface area contributed by atoms with Crippen molar-refractivity contribution in [3.63, 3.8) is 0 Å². The Labute approximate surface area is 120 Å². The Bertz CT molecular complexity index is 655. The van der Waals surface area contributed by atoms with Gasteiger partial charge in [-0.05, 0) is 29.8 Å². The van der Waals surface area contributed by atoms with Gasteiger partial charge in [-0.2, -0.15) is 5.26 Å². The van der Waals surface area contributed by atoms with Crippen LogP contribution < -0.4 is 0 Å². The number of nitrogens with zero attached hydrogens (tertiary/aromatic N) is 1. The van der Waals surface area contributed by atoms with Crippen LogP contribution in [0.3, 0.4) is 0 Å². The summed E-state index contributed by atoms with van der Waals surface area (Å²) in [6, 6.07) is 10.5. The molecule has 0 radical (unpaired) electrons. The standard InChI is InChI=1S/C14H9Cl2NO2/c1-18-14(13-3-2-6-19-13)10(8-17)9-4-5-11(15)12(16)7-9/h2-7H,1H3/b14-10-. The third kappa shape index (κ3) is 2.76. The number of furan rings is 1. The Balaban J connectivity index is 2.60. The molecule has 2 rings (SSSR count). The molecule has 0 saturated heterocycles. The number of halogens is 2. The van der Waals surface area contributed by atoms with Gasteiger partial charge in [-0.3, -0.25) is 0 Å². The van der Waals surface area contributed by atoms with E-state index >= 15 is 0 Å². The van der Waals surface area contributed by atoms with Gasteiger partial charge in [0.05, 0.1) is 23.4 Å². The van der Waals surface area contributed by atoms with Gasteiger partial charge < -0.3 is 9.15 Å². The smallest absolute Gasteiger partial charge is 0.179 e. The monoisotopic (exact) mass is 293 g/mol. The maximum atomic E-state index is 9.33. The van der Waals surface area contributed by atoms with Crippen LogP contribution in [0.2, 0.25) is 10.0 Å². The molecular weight excluding hydrogens is 285 g/mol. The number of allylic oxidation sites excluding steroid dienone is 1. The summed E-state index contributed by atoms with van der Waals surface area (Å²) in [6.45, 7) is 0. The lowest BCUT2D eigenvalue weighted by Gasteiger charge is -2.08. The van der Waals surface area contributed by atoms with E-state index in [9.17, 15) is 5.26 Å². The maximum absolute atomic E-state index is 9.33. The molecule has 0 N–H and O–H groups in total. The molecule has 0 aliphatic carbocycles. The molecule has 19 heavy (non-hydrogen) atoms. The zero-order chi connectivity index (χ0) is 13.8. The molecular formula is C14H9Cl2NO2. The van der Waals surface area contributed by atoms with Crippen LogP contribution in [-0.2, 0) is 4.74 Å². The molecule has 0 spiro atoms. The van der Waals surface area contributed by atoms with Gasteiger partial charge in [0.1, 0.15) is 11.6 Å². The van der Waals surface area contributed by atoms with Crippen LogP contribution in [0.4, 0.5) is 0 Å². The number of hydrogen-bond donors (Lipinski definition) is 0. The largest absolute Gasteiger partial charge is 0.492 e. The molecule has 0 aliphatic rings. The summed E-state index contributed by atoms with van der Waals surface area (Å²) >= 11 is 11.8. The molecule has 0 unspecified atom stereocenters. The lowest BCUT2D eigenvalue weighted by atomic mass is 10.0. The van der Waals surface area contributed by atoms with Gasteiger partial charge >= 0.3 is 0 Å². The molecule has 0 amide bonds. The van der Waals surface area contributed by atoms with Gasteiger partial charge in [0, 0.05) is 0 Å². The van der Waals surface area contributed by atoms with Crippen molar-refractivity contribution >= 4 is 34.5 Å². The molecule has 3 nitrogen and oxygen atoms in total. The minimum absolute atomic E-state index is 0.330. The highest BCUT2D eigenvalue weighted by molar-refractivity contribution is 6.42. The summed E-state index contributed by atoms with van der Waals surface area (Å²) in [5, 5.41) is 10.1. The Morgan fingerprint density at radius 2 is 2.05 bits per heavy atom. The van der Waals surface area contributed by atoms with E-state index in [-0.39, 0.29) is 0 Å². The molecule has 5 heteroatoms. The third-order valence-corrected chi connectivity index (χ3v) is 3.24. The minimum Gasteiger partial charge on any atom is -0.492 e. The number of nitriles is 1. The van der Waals surface area contributed by atoms with E-state index in [2.05, 4.69) is 6.07 Å². The zero-order valence-corrected chi connectivity index (χ0v) is 11.5. The number of benzene rings is 1. The first kappa shape index (κ1) is 13.5. The molecule has 1 heterocycles. The highest BCUT2D eigenvalue weighted by atomic mass is 35.5. The second-order valence-electron chi connectivity index (χ2n) is 3.63. The van der Waals surface area contributed by atoms with Crippen molar-refractivity contribution in [2.24, 2.45) is 0 Å². The summed E-state index contributed by atoms with van der Waals surface area (Å²) < 4.78 is 10.5. The van der Waals surface area contributed by atoms with Crippen molar-refractivity contribution in [3.05, 3.63) is 58.0 Å². The van der Waals surface area contributed by atoms with Crippen LogP contribution in [0.5, 0.6) is 0 Å². The van der Waals surface area contributed by atoms with E-state index in [0.717, 1.165) is 0 Å². The average molecular weight is 294 g/mol. The fourth-order valence-electron chi connectivity index (χ4n) is 1.63. The van der Waals surface area contributed by atoms with E-state index in [0.29, 0.717) is 32.7 Å². The van der Waals surface area contributed by atoms with Gasteiger partial charge in [0.15, 0.2) is 11.5 Å². The van der Waals surface area contributed by atoms with Crippen LogP contribution in [0.15, 0.2) is 41.0 Å². The van der Waals surface area contributed by atoms with Crippen molar-refractivity contribution in [1.29, 1.82) is 5.26 Å². The number of hydrogen-bond acceptors (Lipinski definition) is 3. The van der Waals surface area contributed by atoms with Crippen molar-refractivity contribution in [1.82, 2.24) is 0 Å². The van der Waals surface area contributed by atoms with E-state index in [1.165, 1.54) is 13.4 Å². The average Bonchev–Trinajstić information content (AvgIpc) is 2.93. The second kappa shape index (κ2) is 5.83. The fourth-order valence-corrected chi connectivity index (χ4v) is 1.93. The minimum atomic E-state index is 0.330. The fraction of sp³-hybridized carbons (Fsp3) is 0.0714. The summed E-state index contributed by atoms with van der Waals surface area (Å²) in [7, 11) is 1.48. The van der Waals surface area contributed by atoms with E-state index in [1.54, 1.807) is 30.3 Å². The molecule has 0 bridgehead atoms. The SMILES string of the molecule is CO/C(=C(/C#N)c1ccc(Cl)c(Cl)c1)c1ccco1. The van der Waals surface area contributed by atoms with Gasteiger partial charge in [0.25, 0.3) is 0 Å². The molecule has 0 fully saturated rings. The first-order valence-corrected chi connectivity index (χ1v) is 6.10. The third-order valence-electron chi connectivity index (χ3n) is 2.50. The Morgan fingerprint density at radius 1 is 1.26 bits per heavy atom. The van der Waals surface area contributed by atoms with E-state index in [1.807, 2.05) is 0 Å². The first-order chi connectivity index (χ1) is 9.17. The molecule has 0 aliphatic heterocycles. The second-order valence-corrected chi connectivity index (χ2v) is 4.44. The number of ether oxygens (including phenoxy) is 1. The molecule has 1 aromatic carbocycles. The van der Waals surface area contributed by atoms with E-state index < -0.39 is 0 Å². The normalized spacial score (nSPS) is 11.7. The molecule has 0 atom stereocenters. The van der Waals surface area contributed by atoms with Crippen molar-refractivity contribution in [3.8, 4) is 6.07 Å². The highest BCUT2D eigenvalue weighted by Crippen LogP contribution is 2.30. The van der Waals surface area contributed by atoms with Crippen LogP contribution in [0.25, 0.3) is 11.3 Å². The summed E-state index contributed by atoms with van der Waals surface area (Å²) in [4.78, 5) is 0.